The van der Waals surface area contributed by atoms with Crippen molar-refractivity contribution in [3.8, 4) is 0 Å². The predicted octanol–water partition coefficient (Wildman–Crippen LogP) is 3.49. The maximum absolute atomic E-state index is 5.55. The molecular weight excluding hydrogens is 202 g/mol. The van der Waals surface area contributed by atoms with E-state index in [0.29, 0.717) is 5.88 Å². The third-order valence-electron chi connectivity index (χ3n) is 1.81. The molecule has 1 rings (SSSR count). The molecule has 1 aromatic rings. The molecule has 0 N–H and O–H groups in total. The van der Waals surface area contributed by atoms with Gasteiger partial charge in [0.25, 0.3) is 0 Å². The molecule has 0 atom stereocenters. The van der Waals surface area contributed by atoms with Crippen LogP contribution < -0.4 is 0 Å². The first-order chi connectivity index (χ1) is 6.24. The standard InChI is InChI=1S/C10H14ClNS/c1-8-9(2)13-10(12-8)6-4-3-5-7-11/h3-4H,5-7H2,1-2H3. The third kappa shape index (κ3) is 3.49. The van der Waals surface area contributed by atoms with Crippen LogP contribution in [0.4, 0.5) is 0 Å². The highest BCUT2D eigenvalue weighted by Gasteiger charge is 2.00. The number of hydrogen-bond acceptors (Lipinski definition) is 2. The fourth-order valence-electron chi connectivity index (χ4n) is 0.991. The quantitative estimate of drug-likeness (QED) is 0.554. The summed E-state index contributed by atoms with van der Waals surface area (Å²) in [7, 11) is 0. The van der Waals surface area contributed by atoms with Crippen LogP contribution in [0.3, 0.4) is 0 Å². The van der Waals surface area contributed by atoms with Crippen molar-refractivity contribution in [2.75, 3.05) is 5.88 Å². The Labute approximate surface area is 88.5 Å². The van der Waals surface area contributed by atoms with Crippen LogP contribution in [0, 0.1) is 13.8 Å². The Morgan fingerprint density at radius 2 is 2.15 bits per heavy atom. The summed E-state index contributed by atoms with van der Waals surface area (Å²) < 4.78 is 0. The van der Waals surface area contributed by atoms with Crippen LogP contribution in [-0.2, 0) is 6.42 Å². The van der Waals surface area contributed by atoms with Gasteiger partial charge in [0.2, 0.25) is 0 Å². The van der Waals surface area contributed by atoms with Gasteiger partial charge in [0.05, 0.1) is 10.7 Å². The number of thiazole rings is 1. The van der Waals surface area contributed by atoms with Gasteiger partial charge in [0.1, 0.15) is 0 Å². The smallest absolute Gasteiger partial charge is 0.0968 e. The summed E-state index contributed by atoms with van der Waals surface area (Å²) in [5.41, 5.74) is 1.16. The highest BCUT2D eigenvalue weighted by Crippen LogP contribution is 2.16. The first-order valence-corrected chi connectivity index (χ1v) is 5.73. The second kappa shape index (κ2) is 5.40. The second-order valence-electron chi connectivity index (χ2n) is 2.90. The van der Waals surface area contributed by atoms with Crippen LogP contribution in [0.25, 0.3) is 0 Å². The molecule has 1 heterocycles. The molecule has 0 aliphatic carbocycles. The lowest BCUT2D eigenvalue weighted by molar-refractivity contribution is 1.11. The van der Waals surface area contributed by atoms with Gasteiger partial charge in [-0.25, -0.2) is 4.98 Å². The number of alkyl halides is 1. The Balaban J connectivity index is 2.45. The number of aromatic nitrogens is 1. The highest BCUT2D eigenvalue weighted by molar-refractivity contribution is 7.11. The van der Waals surface area contributed by atoms with E-state index in [9.17, 15) is 0 Å². The van der Waals surface area contributed by atoms with E-state index >= 15 is 0 Å². The van der Waals surface area contributed by atoms with E-state index in [1.165, 1.54) is 9.88 Å². The van der Waals surface area contributed by atoms with Crippen LogP contribution in [0.5, 0.6) is 0 Å². The number of hydrogen-bond donors (Lipinski definition) is 0. The summed E-state index contributed by atoms with van der Waals surface area (Å²) in [6.45, 7) is 4.16. The lowest BCUT2D eigenvalue weighted by atomic mass is 10.3. The highest BCUT2D eigenvalue weighted by atomic mass is 35.5. The molecule has 0 radical (unpaired) electrons. The number of halogens is 1. The van der Waals surface area contributed by atoms with Crippen LogP contribution in [-0.4, -0.2) is 10.9 Å². The van der Waals surface area contributed by atoms with Crippen LogP contribution in [0.1, 0.15) is 22.0 Å². The Kier molecular flexibility index (Phi) is 4.46. The number of nitrogens with zero attached hydrogens (tertiary/aromatic N) is 1. The van der Waals surface area contributed by atoms with Gasteiger partial charge in [0, 0.05) is 17.2 Å². The first-order valence-electron chi connectivity index (χ1n) is 4.38. The van der Waals surface area contributed by atoms with Crippen molar-refractivity contribution in [3.63, 3.8) is 0 Å². The van der Waals surface area contributed by atoms with E-state index in [4.69, 9.17) is 11.6 Å². The Bertz CT molecular complexity index is 272. The molecule has 0 saturated heterocycles. The van der Waals surface area contributed by atoms with E-state index in [1.54, 1.807) is 11.3 Å². The largest absolute Gasteiger partial charge is 0.246 e. The Morgan fingerprint density at radius 3 is 2.69 bits per heavy atom. The van der Waals surface area contributed by atoms with Crippen LogP contribution in [0.15, 0.2) is 12.2 Å². The van der Waals surface area contributed by atoms with Gasteiger partial charge >= 0.3 is 0 Å². The van der Waals surface area contributed by atoms with Crippen molar-refractivity contribution in [2.45, 2.75) is 26.7 Å². The van der Waals surface area contributed by atoms with Gasteiger partial charge in [-0.15, -0.1) is 22.9 Å². The molecule has 0 spiro atoms. The predicted molar refractivity (Wildman–Crippen MR) is 59.8 cm³/mol. The van der Waals surface area contributed by atoms with Crippen molar-refractivity contribution in [1.29, 1.82) is 0 Å². The monoisotopic (exact) mass is 215 g/mol. The van der Waals surface area contributed by atoms with Gasteiger partial charge in [-0.2, -0.15) is 0 Å². The minimum atomic E-state index is 0.701. The molecule has 0 unspecified atom stereocenters. The minimum absolute atomic E-state index is 0.701. The molecule has 0 aliphatic heterocycles. The van der Waals surface area contributed by atoms with Gasteiger partial charge < -0.3 is 0 Å². The van der Waals surface area contributed by atoms with E-state index in [0.717, 1.165) is 18.5 Å². The average Bonchev–Trinajstić information content (AvgIpc) is 2.41. The SMILES string of the molecule is Cc1nc(CC=CCCCl)sc1C. The zero-order valence-corrected chi connectivity index (χ0v) is 9.58. The molecule has 0 amide bonds. The fourth-order valence-corrected chi connectivity index (χ4v) is 2.03. The molecule has 0 fully saturated rings. The van der Waals surface area contributed by atoms with E-state index in [1.807, 2.05) is 0 Å². The lowest BCUT2D eigenvalue weighted by Crippen LogP contribution is -1.79. The van der Waals surface area contributed by atoms with Crippen molar-refractivity contribution < 1.29 is 0 Å². The van der Waals surface area contributed by atoms with E-state index < -0.39 is 0 Å². The first kappa shape index (κ1) is 10.7. The van der Waals surface area contributed by atoms with Gasteiger partial charge in [-0.1, -0.05) is 12.2 Å². The molecular formula is C10H14ClNS. The van der Waals surface area contributed by atoms with Gasteiger partial charge in [-0.05, 0) is 20.3 Å². The molecule has 1 nitrogen and oxygen atoms in total. The van der Waals surface area contributed by atoms with Gasteiger partial charge in [-0.3, -0.25) is 0 Å². The van der Waals surface area contributed by atoms with Crippen molar-refractivity contribution in [3.05, 3.63) is 27.7 Å². The van der Waals surface area contributed by atoms with Crippen molar-refractivity contribution in [2.24, 2.45) is 0 Å². The lowest BCUT2D eigenvalue weighted by Gasteiger charge is -1.86. The second-order valence-corrected chi connectivity index (χ2v) is 4.57. The average molecular weight is 216 g/mol. The third-order valence-corrected chi connectivity index (χ3v) is 3.12. The topological polar surface area (TPSA) is 12.9 Å². The van der Waals surface area contributed by atoms with Crippen molar-refractivity contribution in [1.82, 2.24) is 4.98 Å². The molecule has 13 heavy (non-hydrogen) atoms. The molecule has 3 heteroatoms. The van der Waals surface area contributed by atoms with Crippen molar-refractivity contribution >= 4 is 22.9 Å². The molecule has 72 valence electrons. The fraction of sp³-hybridized carbons (Fsp3) is 0.500. The maximum Gasteiger partial charge on any atom is 0.0968 e. The number of aryl methyl sites for hydroxylation is 2. The zero-order chi connectivity index (χ0) is 9.68. The summed E-state index contributed by atoms with van der Waals surface area (Å²) in [5, 5.41) is 1.20. The zero-order valence-electron chi connectivity index (χ0n) is 8.01. The maximum atomic E-state index is 5.55. The molecule has 0 aliphatic rings. The van der Waals surface area contributed by atoms with Crippen LogP contribution >= 0.6 is 22.9 Å². The Morgan fingerprint density at radius 1 is 1.38 bits per heavy atom. The number of rotatable bonds is 4. The Hall–Kier alpha value is -0.340. The molecule has 0 saturated carbocycles. The molecule has 0 aromatic carbocycles. The summed E-state index contributed by atoms with van der Waals surface area (Å²) in [6.07, 6.45) is 6.14. The summed E-state index contributed by atoms with van der Waals surface area (Å²) >= 11 is 7.33. The summed E-state index contributed by atoms with van der Waals surface area (Å²) in [4.78, 5) is 5.76. The van der Waals surface area contributed by atoms with Crippen LogP contribution in [0.2, 0.25) is 0 Å². The van der Waals surface area contributed by atoms with E-state index in [2.05, 4.69) is 31.0 Å². The molecule has 1 aromatic heterocycles. The minimum Gasteiger partial charge on any atom is -0.246 e. The summed E-state index contributed by atoms with van der Waals surface area (Å²) in [6, 6.07) is 0. The van der Waals surface area contributed by atoms with Gasteiger partial charge in [0.15, 0.2) is 0 Å². The summed E-state index contributed by atoms with van der Waals surface area (Å²) in [5.74, 6) is 0.701. The molecule has 0 bridgehead atoms. The number of allylic oxidation sites excluding steroid dienone is 2. The normalized spacial score (nSPS) is 11.3. The van der Waals surface area contributed by atoms with E-state index in [-0.39, 0.29) is 0 Å².